The highest BCUT2D eigenvalue weighted by Gasteiger charge is 2.27. The van der Waals surface area contributed by atoms with Crippen molar-refractivity contribution in [2.75, 3.05) is 33.4 Å². The maximum atomic E-state index is 5.41. The first-order valence-corrected chi connectivity index (χ1v) is 6.27. The van der Waals surface area contributed by atoms with E-state index in [4.69, 9.17) is 4.74 Å². The summed E-state index contributed by atoms with van der Waals surface area (Å²) in [7, 11) is 2.27. The molecule has 1 N–H and O–H groups in total. The molecule has 0 saturated carbocycles. The van der Waals surface area contributed by atoms with E-state index >= 15 is 0 Å². The monoisotopic (exact) mass is 212 g/mol. The summed E-state index contributed by atoms with van der Waals surface area (Å²) >= 11 is 0. The van der Waals surface area contributed by atoms with Crippen LogP contribution in [-0.4, -0.2) is 50.3 Å². The zero-order chi connectivity index (χ0) is 10.7. The number of nitrogens with zero attached hydrogens (tertiary/aromatic N) is 1. The van der Waals surface area contributed by atoms with Crippen molar-refractivity contribution >= 4 is 0 Å². The summed E-state index contributed by atoms with van der Waals surface area (Å²) in [6, 6.07) is 1.42. The molecule has 2 fully saturated rings. The standard InChI is InChI=1S/C12H24N2O/c1-10-8-13-9-12(14(10)2)7-11-3-5-15-6-4-11/h10-13H,3-9H2,1-2H3. The maximum Gasteiger partial charge on any atom is 0.0468 e. The SMILES string of the molecule is CC1CNCC(CC2CCOCC2)N1C. The van der Waals surface area contributed by atoms with E-state index in [2.05, 4.69) is 24.2 Å². The third-order valence-corrected chi connectivity index (χ3v) is 4.04. The molecule has 0 aromatic heterocycles. The third kappa shape index (κ3) is 2.92. The predicted octanol–water partition coefficient (Wildman–Crippen LogP) is 1.10. The molecule has 2 saturated heterocycles. The van der Waals surface area contributed by atoms with Gasteiger partial charge in [0.2, 0.25) is 0 Å². The van der Waals surface area contributed by atoms with Crippen molar-refractivity contribution in [3.63, 3.8) is 0 Å². The van der Waals surface area contributed by atoms with Gasteiger partial charge in [-0.25, -0.2) is 0 Å². The van der Waals surface area contributed by atoms with E-state index in [1.807, 2.05) is 0 Å². The zero-order valence-corrected chi connectivity index (χ0v) is 10.0. The van der Waals surface area contributed by atoms with Gasteiger partial charge in [-0.1, -0.05) is 0 Å². The second-order valence-electron chi connectivity index (χ2n) is 5.12. The molecule has 2 rings (SSSR count). The van der Waals surface area contributed by atoms with E-state index in [1.165, 1.54) is 19.3 Å². The Morgan fingerprint density at radius 1 is 1.27 bits per heavy atom. The highest BCUT2D eigenvalue weighted by molar-refractivity contribution is 4.84. The first kappa shape index (κ1) is 11.4. The molecule has 2 aliphatic rings. The van der Waals surface area contributed by atoms with Gasteiger partial charge < -0.3 is 10.1 Å². The largest absolute Gasteiger partial charge is 0.381 e. The highest BCUT2D eigenvalue weighted by atomic mass is 16.5. The van der Waals surface area contributed by atoms with E-state index < -0.39 is 0 Å². The van der Waals surface area contributed by atoms with Crippen LogP contribution in [0.3, 0.4) is 0 Å². The van der Waals surface area contributed by atoms with E-state index in [1.54, 1.807) is 0 Å². The lowest BCUT2D eigenvalue weighted by molar-refractivity contribution is 0.0445. The Kier molecular flexibility index (Phi) is 4.00. The summed E-state index contributed by atoms with van der Waals surface area (Å²) in [5.74, 6) is 0.887. The second kappa shape index (κ2) is 5.28. The number of rotatable bonds is 2. The van der Waals surface area contributed by atoms with Crippen molar-refractivity contribution in [3.05, 3.63) is 0 Å². The van der Waals surface area contributed by atoms with Crippen LogP contribution in [-0.2, 0) is 4.74 Å². The Hall–Kier alpha value is -0.120. The Balaban J connectivity index is 1.81. The van der Waals surface area contributed by atoms with Gasteiger partial charge in [0.1, 0.15) is 0 Å². The molecule has 0 radical (unpaired) electrons. The van der Waals surface area contributed by atoms with Crippen LogP contribution in [0.2, 0.25) is 0 Å². The number of hydrogen-bond donors (Lipinski definition) is 1. The van der Waals surface area contributed by atoms with Gasteiger partial charge in [-0.15, -0.1) is 0 Å². The fourth-order valence-corrected chi connectivity index (χ4v) is 2.72. The molecule has 2 unspecified atom stereocenters. The molecule has 0 spiro atoms. The van der Waals surface area contributed by atoms with Crippen LogP contribution < -0.4 is 5.32 Å². The molecule has 3 heteroatoms. The summed E-state index contributed by atoms with van der Waals surface area (Å²) in [4.78, 5) is 2.55. The molecular weight excluding hydrogens is 188 g/mol. The molecule has 2 aliphatic heterocycles. The topological polar surface area (TPSA) is 24.5 Å². The molecule has 2 atom stereocenters. The van der Waals surface area contributed by atoms with Gasteiger partial charge in [0.05, 0.1) is 0 Å². The molecule has 15 heavy (non-hydrogen) atoms. The summed E-state index contributed by atoms with van der Waals surface area (Å²) < 4.78 is 5.41. The van der Waals surface area contributed by atoms with Crippen LogP contribution in [0.15, 0.2) is 0 Å². The molecule has 0 bridgehead atoms. The summed E-state index contributed by atoms with van der Waals surface area (Å²) in [5, 5.41) is 3.53. The molecule has 88 valence electrons. The number of piperazine rings is 1. The van der Waals surface area contributed by atoms with Crippen LogP contribution in [0.25, 0.3) is 0 Å². The Morgan fingerprint density at radius 2 is 2.00 bits per heavy atom. The van der Waals surface area contributed by atoms with Gasteiger partial charge >= 0.3 is 0 Å². The number of ether oxygens (including phenoxy) is 1. The van der Waals surface area contributed by atoms with Crippen molar-refractivity contribution in [2.24, 2.45) is 5.92 Å². The fraction of sp³-hybridized carbons (Fsp3) is 1.00. The van der Waals surface area contributed by atoms with Crippen molar-refractivity contribution in [1.29, 1.82) is 0 Å². The molecule has 0 amide bonds. The van der Waals surface area contributed by atoms with Crippen molar-refractivity contribution < 1.29 is 4.74 Å². The van der Waals surface area contributed by atoms with Crippen LogP contribution in [0, 0.1) is 5.92 Å². The Morgan fingerprint density at radius 3 is 2.73 bits per heavy atom. The summed E-state index contributed by atoms with van der Waals surface area (Å²) in [6.07, 6.45) is 3.87. The molecule has 3 nitrogen and oxygen atoms in total. The normalized spacial score (nSPS) is 35.6. The average Bonchev–Trinajstić information content (AvgIpc) is 2.26. The first-order valence-electron chi connectivity index (χ1n) is 6.27. The van der Waals surface area contributed by atoms with Crippen LogP contribution in [0.1, 0.15) is 26.2 Å². The number of nitrogens with one attached hydrogen (secondary N) is 1. The lowest BCUT2D eigenvalue weighted by Crippen LogP contribution is -2.54. The van der Waals surface area contributed by atoms with Gasteiger partial charge in [-0.3, -0.25) is 4.90 Å². The minimum Gasteiger partial charge on any atom is -0.381 e. The van der Waals surface area contributed by atoms with Gasteiger partial charge in [0.15, 0.2) is 0 Å². The molecule has 0 aromatic rings. The second-order valence-corrected chi connectivity index (χ2v) is 5.12. The first-order chi connectivity index (χ1) is 7.27. The van der Waals surface area contributed by atoms with E-state index in [0.29, 0.717) is 6.04 Å². The number of likely N-dealkylation sites (N-methyl/N-ethyl adjacent to an activating group) is 1. The molecule has 0 aliphatic carbocycles. The van der Waals surface area contributed by atoms with Crippen molar-refractivity contribution in [2.45, 2.75) is 38.3 Å². The Labute approximate surface area is 93.2 Å². The minimum absolute atomic E-state index is 0.684. The molecule has 2 heterocycles. The van der Waals surface area contributed by atoms with Crippen molar-refractivity contribution in [3.8, 4) is 0 Å². The maximum absolute atomic E-state index is 5.41. The van der Waals surface area contributed by atoms with Crippen LogP contribution in [0.5, 0.6) is 0 Å². The third-order valence-electron chi connectivity index (χ3n) is 4.04. The van der Waals surface area contributed by atoms with Crippen LogP contribution >= 0.6 is 0 Å². The van der Waals surface area contributed by atoms with Gasteiger partial charge in [0, 0.05) is 38.4 Å². The average molecular weight is 212 g/mol. The zero-order valence-electron chi connectivity index (χ0n) is 10.0. The van der Waals surface area contributed by atoms with Crippen molar-refractivity contribution in [1.82, 2.24) is 10.2 Å². The van der Waals surface area contributed by atoms with E-state index in [0.717, 1.165) is 38.3 Å². The van der Waals surface area contributed by atoms with E-state index in [-0.39, 0.29) is 0 Å². The smallest absolute Gasteiger partial charge is 0.0468 e. The molecular formula is C12H24N2O. The summed E-state index contributed by atoms with van der Waals surface area (Å²) in [5.41, 5.74) is 0. The lowest BCUT2D eigenvalue weighted by atomic mass is 9.90. The van der Waals surface area contributed by atoms with Gasteiger partial charge in [-0.2, -0.15) is 0 Å². The predicted molar refractivity (Wildman–Crippen MR) is 62.0 cm³/mol. The quantitative estimate of drug-likeness (QED) is 0.742. The van der Waals surface area contributed by atoms with Gasteiger partial charge in [0.25, 0.3) is 0 Å². The highest BCUT2D eigenvalue weighted by Crippen LogP contribution is 2.23. The fourth-order valence-electron chi connectivity index (χ4n) is 2.72. The minimum atomic E-state index is 0.684. The Bertz CT molecular complexity index is 192. The number of hydrogen-bond acceptors (Lipinski definition) is 3. The molecule has 0 aromatic carbocycles. The van der Waals surface area contributed by atoms with Crippen LogP contribution in [0.4, 0.5) is 0 Å². The lowest BCUT2D eigenvalue weighted by Gasteiger charge is -2.40. The summed E-state index contributed by atoms with van der Waals surface area (Å²) in [6.45, 7) is 6.57. The van der Waals surface area contributed by atoms with E-state index in [9.17, 15) is 0 Å². The van der Waals surface area contributed by atoms with Gasteiger partial charge in [-0.05, 0) is 39.2 Å².